The van der Waals surface area contributed by atoms with Gasteiger partial charge >= 0.3 is 0 Å². The molecule has 1 aromatic heterocycles. The van der Waals surface area contributed by atoms with Gasteiger partial charge in [-0.2, -0.15) is 5.10 Å². The molecular weight excluding hydrogens is 252 g/mol. The molecule has 0 saturated carbocycles. The predicted molar refractivity (Wildman–Crippen MR) is 70.2 cm³/mol. The summed E-state index contributed by atoms with van der Waals surface area (Å²) in [7, 11) is 1.68. The number of halogens is 1. The Morgan fingerprint density at radius 3 is 2.78 bits per heavy atom. The summed E-state index contributed by atoms with van der Waals surface area (Å²) < 4.78 is 12.3. The number of benzene rings is 1. The number of methoxy groups -OCH3 is 1. The van der Waals surface area contributed by atoms with E-state index in [-0.39, 0.29) is 0 Å². The number of aromatic nitrogens is 2. The summed E-state index contributed by atoms with van der Waals surface area (Å²) in [5.41, 5.74) is 0. The van der Waals surface area contributed by atoms with Gasteiger partial charge in [-0.1, -0.05) is 29.8 Å². The third-order valence-electron chi connectivity index (χ3n) is 2.43. The van der Waals surface area contributed by atoms with Gasteiger partial charge in [-0.25, -0.2) is 0 Å². The van der Waals surface area contributed by atoms with Gasteiger partial charge in [-0.15, -0.1) is 0 Å². The van der Waals surface area contributed by atoms with Crippen LogP contribution in [0.1, 0.15) is 6.42 Å². The second kappa shape index (κ2) is 6.42. The number of hydrogen-bond donors (Lipinski definition) is 0. The average molecular weight is 267 g/mol. The van der Waals surface area contributed by atoms with E-state index >= 15 is 0 Å². The summed E-state index contributed by atoms with van der Waals surface area (Å²) in [6.07, 6.45) is 2.49. The Balaban J connectivity index is 2.02. The van der Waals surface area contributed by atoms with Crippen LogP contribution in [0.25, 0.3) is 0 Å². The lowest BCUT2D eigenvalue weighted by molar-refractivity contribution is 0.189. The highest BCUT2D eigenvalue weighted by Crippen LogP contribution is 2.28. The first-order chi connectivity index (χ1) is 8.81. The average Bonchev–Trinajstić information content (AvgIpc) is 2.73. The molecule has 0 radical (unpaired) electrons. The van der Waals surface area contributed by atoms with Crippen molar-refractivity contribution >= 4 is 11.6 Å². The maximum atomic E-state index is 6.19. The van der Waals surface area contributed by atoms with Gasteiger partial charge in [0.1, 0.15) is 5.75 Å². The van der Waals surface area contributed by atoms with Crippen molar-refractivity contribution in [3.63, 3.8) is 0 Å². The Kier molecular flexibility index (Phi) is 4.61. The Morgan fingerprint density at radius 2 is 2.06 bits per heavy atom. The molecule has 0 N–H and O–H groups in total. The molecule has 96 valence electrons. The Morgan fingerprint density at radius 1 is 1.28 bits per heavy atom. The number of para-hydroxylation sites is 1. The quantitative estimate of drug-likeness (QED) is 0.752. The smallest absolute Gasteiger partial charge is 0.184 e. The second-order valence-electron chi connectivity index (χ2n) is 3.78. The molecule has 0 aliphatic carbocycles. The fourth-order valence-electron chi connectivity index (χ4n) is 1.55. The van der Waals surface area contributed by atoms with Gasteiger partial charge < -0.3 is 9.47 Å². The molecule has 0 aliphatic rings. The lowest BCUT2D eigenvalue weighted by Crippen LogP contribution is -2.03. The van der Waals surface area contributed by atoms with E-state index in [0.717, 1.165) is 12.2 Å². The van der Waals surface area contributed by atoms with Crippen molar-refractivity contribution in [1.82, 2.24) is 9.78 Å². The lowest BCUT2D eigenvalue weighted by Gasteiger charge is -2.05. The van der Waals surface area contributed by atoms with Crippen LogP contribution in [0, 0.1) is 0 Å². The van der Waals surface area contributed by atoms with Crippen LogP contribution in [-0.2, 0) is 11.3 Å². The van der Waals surface area contributed by atoms with Crippen LogP contribution in [0.15, 0.2) is 36.5 Å². The SMILES string of the molecule is COCCCn1ncc(Oc2ccccc2)c1Cl. The van der Waals surface area contributed by atoms with Crippen LogP contribution in [0.4, 0.5) is 0 Å². The van der Waals surface area contributed by atoms with Crippen LogP contribution in [0.5, 0.6) is 11.5 Å². The van der Waals surface area contributed by atoms with Crippen molar-refractivity contribution in [3.05, 3.63) is 41.7 Å². The highest BCUT2D eigenvalue weighted by atomic mass is 35.5. The van der Waals surface area contributed by atoms with Gasteiger partial charge in [0.25, 0.3) is 0 Å². The summed E-state index contributed by atoms with van der Waals surface area (Å²) in [4.78, 5) is 0. The van der Waals surface area contributed by atoms with Gasteiger partial charge in [0, 0.05) is 20.3 Å². The maximum Gasteiger partial charge on any atom is 0.184 e. The predicted octanol–water partition coefficient (Wildman–Crippen LogP) is 3.37. The van der Waals surface area contributed by atoms with Crippen molar-refractivity contribution < 1.29 is 9.47 Å². The van der Waals surface area contributed by atoms with Crippen molar-refractivity contribution in [2.75, 3.05) is 13.7 Å². The zero-order chi connectivity index (χ0) is 12.8. The van der Waals surface area contributed by atoms with Crippen molar-refractivity contribution in [2.45, 2.75) is 13.0 Å². The molecule has 0 amide bonds. The summed E-state index contributed by atoms with van der Waals surface area (Å²) in [5.74, 6) is 1.32. The summed E-state index contributed by atoms with van der Waals surface area (Å²) in [6, 6.07) is 9.50. The molecule has 0 fully saturated rings. The van der Waals surface area contributed by atoms with E-state index in [2.05, 4.69) is 5.10 Å². The van der Waals surface area contributed by atoms with Crippen LogP contribution in [0.2, 0.25) is 5.15 Å². The highest BCUT2D eigenvalue weighted by Gasteiger charge is 2.10. The monoisotopic (exact) mass is 266 g/mol. The molecule has 2 rings (SSSR count). The Hall–Kier alpha value is -1.52. The lowest BCUT2D eigenvalue weighted by atomic mass is 10.3. The molecular formula is C13H15ClN2O2. The molecule has 2 aromatic rings. The number of aryl methyl sites for hydroxylation is 1. The Bertz CT molecular complexity index is 485. The molecule has 5 heteroatoms. The van der Waals surface area contributed by atoms with Crippen molar-refractivity contribution in [2.24, 2.45) is 0 Å². The van der Waals surface area contributed by atoms with Gasteiger partial charge in [0.05, 0.1) is 6.20 Å². The zero-order valence-electron chi connectivity index (χ0n) is 10.2. The van der Waals surface area contributed by atoms with Crippen molar-refractivity contribution in [3.8, 4) is 11.5 Å². The Labute approximate surface area is 111 Å². The second-order valence-corrected chi connectivity index (χ2v) is 4.14. The highest BCUT2D eigenvalue weighted by molar-refractivity contribution is 6.31. The van der Waals surface area contributed by atoms with E-state index in [9.17, 15) is 0 Å². The molecule has 18 heavy (non-hydrogen) atoms. The molecule has 0 aliphatic heterocycles. The number of ether oxygens (including phenoxy) is 2. The third-order valence-corrected chi connectivity index (χ3v) is 2.82. The first-order valence-corrected chi connectivity index (χ1v) is 6.12. The van der Waals surface area contributed by atoms with E-state index in [4.69, 9.17) is 21.1 Å². The minimum atomic E-state index is 0.509. The normalized spacial score (nSPS) is 10.6. The van der Waals surface area contributed by atoms with E-state index in [1.54, 1.807) is 18.0 Å². The van der Waals surface area contributed by atoms with E-state index in [0.29, 0.717) is 24.1 Å². The third kappa shape index (κ3) is 3.24. The van der Waals surface area contributed by atoms with Crippen LogP contribution >= 0.6 is 11.6 Å². The number of hydrogen-bond acceptors (Lipinski definition) is 3. The number of nitrogens with zero attached hydrogens (tertiary/aromatic N) is 2. The van der Waals surface area contributed by atoms with E-state index in [1.165, 1.54) is 0 Å². The fourth-order valence-corrected chi connectivity index (χ4v) is 1.77. The molecule has 4 nitrogen and oxygen atoms in total. The van der Waals surface area contributed by atoms with Gasteiger partial charge in [0.2, 0.25) is 0 Å². The van der Waals surface area contributed by atoms with Gasteiger partial charge in [0.15, 0.2) is 10.9 Å². The molecule has 0 bridgehead atoms. The van der Waals surface area contributed by atoms with Gasteiger partial charge in [-0.3, -0.25) is 4.68 Å². The molecule has 0 spiro atoms. The van der Waals surface area contributed by atoms with Crippen LogP contribution in [0.3, 0.4) is 0 Å². The van der Waals surface area contributed by atoms with Gasteiger partial charge in [-0.05, 0) is 18.6 Å². The first kappa shape index (κ1) is 12.9. The standard InChI is InChI=1S/C13H15ClN2O2/c1-17-9-5-8-16-13(14)12(10-15-16)18-11-6-3-2-4-7-11/h2-4,6-7,10H,5,8-9H2,1H3. The summed E-state index contributed by atoms with van der Waals surface area (Å²) in [6.45, 7) is 1.40. The summed E-state index contributed by atoms with van der Waals surface area (Å²) in [5, 5.41) is 4.70. The number of rotatable bonds is 6. The topological polar surface area (TPSA) is 36.3 Å². The first-order valence-electron chi connectivity index (χ1n) is 5.74. The fraction of sp³-hybridized carbons (Fsp3) is 0.308. The zero-order valence-corrected chi connectivity index (χ0v) is 10.9. The largest absolute Gasteiger partial charge is 0.452 e. The summed E-state index contributed by atoms with van der Waals surface area (Å²) >= 11 is 6.19. The molecule has 0 atom stereocenters. The minimum absolute atomic E-state index is 0.509. The van der Waals surface area contributed by atoms with E-state index < -0.39 is 0 Å². The van der Waals surface area contributed by atoms with Crippen LogP contribution < -0.4 is 4.74 Å². The molecule has 0 unspecified atom stereocenters. The molecule has 1 aromatic carbocycles. The molecule has 0 saturated heterocycles. The van der Waals surface area contributed by atoms with E-state index in [1.807, 2.05) is 30.3 Å². The molecule has 1 heterocycles. The maximum absolute atomic E-state index is 6.19. The minimum Gasteiger partial charge on any atom is -0.452 e. The van der Waals surface area contributed by atoms with Crippen molar-refractivity contribution in [1.29, 1.82) is 0 Å². The van der Waals surface area contributed by atoms with Crippen LogP contribution in [-0.4, -0.2) is 23.5 Å².